The minimum Gasteiger partial charge on any atom is -0.312 e. The van der Waals surface area contributed by atoms with Crippen LogP contribution in [0.2, 0.25) is 0 Å². The molecule has 0 bridgehead atoms. The fourth-order valence-corrected chi connectivity index (χ4v) is 1.19. The van der Waals surface area contributed by atoms with Crippen molar-refractivity contribution in [3.8, 4) is 0 Å². The average molecular weight is 193 g/mol. The van der Waals surface area contributed by atoms with E-state index >= 15 is 0 Å². The van der Waals surface area contributed by atoms with Gasteiger partial charge in [0.2, 0.25) is 0 Å². The Hall–Kier alpha value is -1.51. The number of nitrogens with one attached hydrogen (secondary N) is 1. The summed E-state index contributed by atoms with van der Waals surface area (Å²) in [6, 6.07) is 5.98. The molecule has 74 valence electrons. The largest absolute Gasteiger partial charge is 0.312 e. The van der Waals surface area contributed by atoms with Gasteiger partial charge < -0.3 is 5.41 Å². The van der Waals surface area contributed by atoms with Crippen LogP contribution in [0.4, 0.5) is 4.39 Å². The summed E-state index contributed by atoms with van der Waals surface area (Å²) >= 11 is 0. The summed E-state index contributed by atoms with van der Waals surface area (Å²) in [6.07, 6.45) is 1.60. The molecule has 14 heavy (non-hydrogen) atoms. The molecular formula is C11H12FNO. The fraction of sp³-hybridized carbons (Fsp3) is 0.273. The number of benzene rings is 1. The molecule has 0 aliphatic heterocycles. The second-order valence-electron chi connectivity index (χ2n) is 3.21. The van der Waals surface area contributed by atoms with Crippen molar-refractivity contribution < 1.29 is 9.18 Å². The summed E-state index contributed by atoms with van der Waals surface area (Å²) in [5.74, 6) is -0.715. The molecule has 0 aliphatic carbocycles. The maximum Gasteiger partial charge on any atom is 0.138 e. The Bertz CT molecular complexity index is 332. The topological polar surface area (TPSA) is 40.9 Å². The Morgan fingerprint density at radius 3 is 2.50 bits per heavy atom. The van der Waals surface area contributed by atoms with Gasteiger partial charge in [0.05, 0.1) is 5.92 Å². The van der Waals surface area contributed by atoms with Gasteiger partial charge >= 0.3 is 0 Å². The molecule has 1 atom stereocenters. The highest BCUT2D eigenvalue weighted by Gasteiger charge is 2.11. The fourth-order valence-electron chi connectivity index (χ4n) is 1.19. The highest BCUT2D eigenvalue weighted by atomic mass is 19.1. The number of ketones is 1. The Morgan fingerprint density at radius 1 is 1.50 bits per heavy atom. The number of hydrogen-bond acceptors (Lipinski definition) is 2. The predicted molar refractivity (Wildman–Crippen MR) is 53.1 cm³/mol. The number of rotatable bonds is 4. The third kappa shape index (κ3) is 2.76. The summed E-state index contributed by atoms with van der Waals surface area (Å²) in [5.41, 5.74) is 0.870. The molecule has 0 spiro atoms. The van der Waals surface area contributed by atoms with Gasteiger partial charge in [-0.1, -0.05) is 12.1 Å². The Balaban J connectivity index is 2.72. The molecule has 0 aromatic heterocycles. The normalized spacial score (nSPS) is 12.1. The molecule has 0 aliphatic rings. The summed E-state index contributed by atoms with van der Waals surface area (Å²) in [6.45, 7) is 1.46. The van der Waals surface area contributed by atoms with Crippen molar-refractivity contribution in [1.82, 2.24) is 0 Å². The number of carbonyl (C=O) groups excluding carboxylic acids is 1. The Kier molecular flexibility index (Phi) is 3.51. The van der Waals surface area contributed by atoms with Crippen LogP contribution in [0.25, 0.3) is 0 Å². The van der Waals surface area contributed by atoms with Gasteiger partial charge in [-0.05, 0) is 31.0 Å². The second-order valence-corrected chi connectivity index (χ2v) is 3.21. The summed E-state index contributed by atoms with van der Waals surface area (Å²) < 4.78 is 12.6. The van der Waals surface area contributed by atoms with E-state index in [0.717, 1.165) is 11.8 Å². The lowest BCUT2D eigenvalue weighted by molar-refractivity contribution is -0.118. The molecule has 1 aromatic rings. The zero-order valence-corrected chi connectivity index (χ0v) is 7.96. The van der Waals surface area contributed by atoms with Crippen LogP contribution >= 0.6 is 0 Å². The van der Waals surface area contributed by atoms with E-state index in [1.54, 1.807) is 12.1 Å². The Labute approximate surface area is 82.3 Å². The maximum absolute atomic E-state index is 12.6. The van der Waals surface area contributed by atoms with Crippen LogP contribution in [0.3, 0.4) is 0 Å². The van der Waals surface area contributed by atoms with E-state index in [1.807, 2.05) is 0 Å². The molecule has 1 aromatic carbocycles. The molecule has 0 radical (unpaired) electrons. The third-order valence-corrected chi connectivity index (χ3v) is 2.09. The standard InChI is InChI=1S/C11H12FNO/c1-8(14)10(7-13)6-9-2-4-11(12)5-3-9/h2-5,7,10,13H,6H2,1H3. The van der Waals surface area contributed by atoms with E-state index in [4.69, 9.17) is 5.41 Å². The maximum atomic E-state index is 12.6. The summed E-state index contributed by atoms with van der Waals surface area (Å²) in [4.78, 5) is 11.0. The second kappa shape index (κ2) is 4.65. The lowest BCUT2D eigenvalue weighted by Crippen LogP contribution is -2.14. The first-order chi connectivity index (χ1) is 6.63. The highest BCUT2D eigenvalue weighted by Crippen LogP contribution is 2.09. The summed E-state index contributed by atoms with van der Waals surface area (Å²) in [5, 5.41) is 7.06. The molecule has 1 N–H and O–H groups in total. The van der Waals surface area contributed by atoms with Crippen LogP contribution in [0, 0.1) is 17.1 Å². The first kappa shape index (κ1) is 10.6. The molecule has 0 saturated heterocycles. The molecule has 3 heteroatoms. The van der Waals surface area contributed by atoms with Crippen molar-refractivity contribution in [3.05, 3.63) is 35.6 Å². The van der Waals surface area contributed by atoms with Gasteiger partial charge in [0.1, 0.15) is 11.6 Å². The lowest BCUT2D eigenvalue weighted by Gasteiger charge is -2.07. The zero-order chi connectivity index (χ0) is 10.6. The van der Waals surface area contributed by atoms with Gasteiger partial charge in [-0.2, -0.15) is 0 Å². The molecule has 0 amide bonds. The van der Waals surface area contributed by atoms with Gasteiger partial charge in [0, 0.05) is 6.21 Å². The predicted octanol–water partition coefficient (Wildman–Crippen LogP) is 2.22. The van der Waals surface area contributed by atoms with Gasteiger partial charge in [0.25, 0.3) is 0 Å². The van der Waals surface area contributed by atoms with E-state index < -0.39 is 0 Å². The van der Waals surface area contributed by atoms with Gasteiger partial charge in [-0.15, -0.1) is 0 Å². The average Bonchev–Trinajstić information content (AvgIpc) is 2.16. The van der Waals surface area contributed by atoms with Crippen LogP contribution in [0.1, 0.15) is 12.5 Å². The first-order valence-electron chi connectivity index (χ1n) is 4.39. The van der Waals surface area contributed by atoms with E-state index in [9.17, 15) is 9.18 Å². The van der Waals surface area contributed by atoms with E-state index in [-0.39, 0.29) is 17.5 Å². The highest BCUT2D eigenvalue weighted by molar-refractivity contribution is 5.92. The van der Waals surface area contributed by atoms with Gasteiger partial charge in [-0.25, -0.2) is 4.39 Å². The van der Waals surface area contributed by atoms with E-state index in [2.05, 4.69) is 0 Å². The van der Waals surface area contributed by atoms with Crippen LogP contribution in [-0.4, -0.2) is 12.0 Å². The van der Waals surface area contributed by atoms with Crippen molar-refractivity contribution >= 4 is 12.0 Å². The minimum absolute atomic E-state index is 0.0377. The number of Topliss-reactive ketones (excluding diaryl/α,β-unsaturated/α-hetero) is 1. The number of halogens is 1. The monoisotopic (exact) mass is 193 g/mol. The first-order valence-corrected chi connectivity index (χ1v) is 4.39. The lowest BCUT2D eigenvalue weighted by atomic mass is 9.97. The van der Waals surface area contributed by atoms with E-state index in [1.165, 1.54) is 19.1 Å². The smallest absolute Gasteiger partial charge is 0.138 e. The molecule has 1 rings (SSSR count). The quantitative estimate of drug-likeness (QED) is 0.732. The SMILES string of the molecule is CC(=O)C(C=N)Cc1ccc(F)cc1. The minimum atomic E-state index is -0.388. The van der Waals surface area contributed by atoms with Crippen molar-refractivity contribution in [2.24, 2.45) is 5.92 Å². The van der Waals surface area contributed by atoms with Crippen LogP contribution < -0.4 is 0 Å². The zero-order valence-electron chi connectivity index (χ0n) is 7.96. The van der Waals surface area contributed by atoms with Crippen LogP contribution in [-0.2, 0) is 11.2 Å². The Morgan fingerprint density at radius 2 is 2.07 bits per heavy atom. The van der Waals surface area contributed by atoms with Crippen molar-refractivity contribution in [2.75, 3.05) is 0 Å². The van der Waals surface area contributed by atoms with E-state index in [0.29, 0.717) is 6.42 Å². The van der Waals surface area contributed by atoms with Crippen molar-refractivity contribution in [3.63, 3.8) is 0 Å². The van der Waals surface area contributed by atoms with Crippen LogP contribution in [0.15, 0.2) is 24.3 Å². The third-order valence-electron chi connectivity index (χ3n) is 2.09. The molecular weight excluding hydrogens is 181 g/mol. The van der Waals surface area contributed by atoms with Gasteiger partial charge in [0.15, 0.2) is 0 Å². The molecule has 0 heterocycles. The van der Waals surface area contributed by atoms with Crippen molar-refractivity contribution in [1.29, 1.82) is 5.41 Å². The summed E-state index contributed by atoms with van der Waals surface area (Å²) in [7, 11) is 0. The molecule has 1 unspecified atom stereocenters. The molecule has 2 nitrogen and oxygen atoms in total. The van der Waals surface area contributed by atoms with Gasteiger partial charge in [-0.3, -0.25) is 4.79 Å². The van der Waals surface area contributed by atoms with Crippen LogP contribution in [0.5, 0.6) is 0 Å². The van der Waals surface area contributed by atoms with Crippen molar-refractivity contribution in [2.45, 2.75) is 13.3 Å². The molecule has 0 fully saturated rings. The number of carbonyl (C=O) groups is 1. The molecule has 0 saturated carbocycles. The number of hydrogen-bond donors (Lipinski definition) is 1.